The Morgan fingerprint density at radius 3 is 2.30 bits per heavy atom. The first kappa shape index (κ1) is 14.2. The average Bonchev–Trinajstić information content (AvgIpc) is 2.52. The molecule has 1 N–H and O–H groups in total. The molecule has 102 valence electrons. The van der Waals surface area contributed by atoms with Crippen molar-refractivity contribution in [3.8, 4) is 0 Å². The van der Waals surface area contributed by atoms with Gasteiger partial charge in [-0.1, -0.05) is 60.7 Å². The number of hydrogen-bond acceptors (Lipinski definition) is 2. The van der Waals surface area contributed by atoms with Gasteiger partial charge >= 0.3 is 0 Å². The van der Waals surface area contributed by atoms with Gasteiger partial charge in [0.2, 0.25) is 0 Å². The van der Waals surface area contributed by atoms with Crippen molar-refractivity contribution in [3.05, 3.63) is 71.8 Å². The van der Waals surface area contributed by atoms with E-state index in [1.165, 1.54) is 0 Å². The van der Waals surface area contributed by atoms with E-state index in [9.17, 15) is 0 Å². The third-order valence-electron chi connectivity index (χ3n) is 2.77. The molecule has 0 bridgehead atoms. The number of nitrogens with one attached hydrogen (secondary N) is 1. The molecule has 0 spiro atoms. The maximum atomic E-state index is 5.29. The summed E-state index contributed by atoms with van der Waals surface area (Å²) in [4.78, 5) is 0. The second-order valence-corrected chi connectivity index (χ2v) is 4.64. The normalized spacial score (nSPS) is 10.4. The Kier molecular flexibility index (Phi) is 5.26. The highest BCUT2D eigenvalue weighted by molar-refractivity contribution is 7.80. The van der Waals surface area contributed by atoms with Crippen LogP contribution >= 0.6 is 12.2 Å². The van der Waals surface area contributed by atoms with Gasteiger partial charge in [-0.15, -0.1) is 0 Å². The molecule has 0 radical (unpaired) electrons. The van der Waals surface area contributed by atoms with E-state index in [4.69, 9.17) is 12.2 Å². The first-order valence-electron chi connectivity index (χ1n) is 6.42. The predicted molar refractivity (Wildman–Crippen MR) is 87.7 cm³/mol. The number of hydrazone groups is 1. The van der Waals surface area contributed by atoms with E-state index in [0.717, 1.165) is 11.1 Å². The highest BCUT2D eigenvalue weighted by Crippen LogP contribution is 2.06. The van der Waals surface area contributed by atoms with E-state index in [0.29, 0.717) is 11.7 Å². The van der Waals surface area contributed by atoms with Gasteiger partial charge in [-0.25, -0.2) is 5.01 Å². The van der Waals surface area contributed by atoms with Crippen LogP contribution in [0.3, 0.4) is 0 Å². The molecule has 0 amide bonds. The van der Waals surface area contributed by atoms with E-state index < -0.39 is 0 Å². The SMILES string of the molecule is CNC(=S)N(Cc1ccccc1)/N=C\c1ccccc1. The molecule has 0 saturated carbocycles. The summed E-state index contributed by atoms with van der Waals surface area (Å²) in [5.74, 6) is 0. The minimum atomic E-state index is 0.598. The fraction of sp³-hybridized carbons (Fsp3) is 0.125. The lowest BCUT2D eigenvalue weighted by molar-refractivity contribution is 0.437. The molecule has 0 fully saturated rings. The number of benzene rings is 2. The van der Waals surface area contributed by atoms with E-state index in [-0.39, 0.29) is 0 Å². The Bertz CT molecular complexity index is 567. The van der Waals surface area contributed by atoms with Gasteiger partial charge in [0.05, 0.1) is 12.8 Å². The van der Waals surface area contributed by atoms with E-state index >= 15 is 0 Å². The molecule has 3 nitrogen and oxygen atoms in total. The number of thiocarbonyl (C=S) groups is 1. The largest absolute Gasteiger partial charge is 0.364 e. The zero-order chi connectivity index (χ0) is 14.2. The number of rotatable bonds is 4. The van der Waals surface area contributed by atoms with Crippen LogP contribution in [0.4, 0.5) is 0 Å². The van der Waals surface area contributed by atoms with Gasteiger partial charge in [-0.2, -0.15) is 5.10 Å². The predicted octanol–water partition coefficient (Wildman–Crippen LogP) is 3.03. The highest BCUT2D eigenvalue weighted by Gasteiger charge is 2.06. The summed E-state index contributed by atoms with van der Waals surface area (Å²) in [6.45, 7) is 0.643. The highest BCUT2D eigenvalue weighted by atomic mass is 32.1. The molecule has 4 heteroatoms. The molecule has 20 heavy (non-hydrogen) atoms. The molecule has 0 saturated heterocycles. The fourth-order valence-corrected chi connectivity index (χ4v) is 1.84. The third-order valence-corrected chi connectivity index (χ3v) is 3.18. The Morgan fingerprint density at radius 1 is 1.10 bits per heavy atom. The van der Waals surface area contributed by atoms with Crippen LogP contribution in [-0.4, -0.2) is 23.4 Å². The second kappa shape index (κ2) is 7.40. The maximum Gasteiger partial charge on any atom is 0.189 e. The van der Waals surface area contributed by atoms with Crippen LogP contribution in [0, 0.1) is 0 Å². The minimum Gasteiger partial charge on any atom is -0.364 e. The van der Waals surface area contributed by atoms with Crippen molar-refractivity contribution in [2.24, 2.45) is 5.10 Å². The summed E-state index contributed by atoms with van der Waals surface area (Å²) in [5, 5.41) is 9.80. The van der Waals surface area contributed by atoms with Gasteiger partial charge in [-0.05, 0) is 23.3 Å². The molecule has 0 aliphatic heterocycles. The van der Waals surface area contributed by atoms with Crippen LogP contribution in [0.15, 0.2) is 65.8 Å². The second-order valence-electron chi connectivity index (χ2n) is 4.25. The smallest absolute Gasteiger partial charge is 0.189 e. The number of nitrogens with zero attached hydrogens (tertiary/aromatic N) is 2. The molecule has 0 aliphatic rings. The minimum absolute atomic E-state index is 0.598. The van der Waals surface area contributed by atoms with Crippen molar-refractivity contribution in [1.29, 1.82) is 0 Å². The monoisotopic (exact) mass is 283 g/mol. The van der Waals surface area contributed by atoms with E-state index in [1.807, 2.05) is 54.7 Å². The van der Waals surface area contributed by atoms with Crippen molar-refractivity contribution in [2.45, 2.75) is 6.54 Å². The van der Waals surface area contributed by atoms with Gasteiger partial charge in [0.1, 0.15) is 0 Å². The molecule has 0 atom stereocenters. The summed E-state index contributed by atoms with van der Waals surface area (Å²) in [6.07, 6.45) is 1.81. The first-order valence-corrected chi connectivity index (χ1v) is 6.82. The van der Waals surface area contributed by atoms with Crippen LogP contribution in [0.2, 0.25) is 0 Å². The summed E-state index contributed by atoms with van der Waals surface area (Å²) < 4.78 is 0. The Balaban J connectivity index is 2.12. The Hall–Kier alpha value is -2.20. The van der Waals surface area contributed by atoms with Crippen LogP contribution in [0.5, 0.6) is 0 Å². The quantitative estimate of drug-likeness (QED) is 0.531. The first-order chi connectivity index (χ1) is 9.79. The van der Waals surface area contributed by atoms with Crippen molar-refractivity contribution >= 4 is 23.5 Å². The van der Waals surface area contributed by atoms with Gasteiger partial charge in [-0.3, -0.25) is 0 Å². The van der Waals surface area contributed by atoms with Gasteiger partial charge in [0, 0.05) is 7.05 Å². The summed E-state index contributed by atoms with van der Waals surface area (Å²) in [5.41, 5.74) is 2.21. The van der Waals surface area contributed by atoms with Crippen LogP contribution in [-0.2, 0) is 6.54 Å². The molecule has 2 rings (SSSR count). The topological polar surface area (TPSA) is 27.6 Å². The van der Waals surface area contributed by atoms with Crippen molar-refractivity contribution in [1.82, 2.24) is 10.3 Å². The molecule has 0 unspecified atom stereocenters. The third kappa shape index (κ3) is 4.17. The van der Waals surface area contributed by atoms with Crippen LogP contribution < -0.4 is 5.32 Å². The Labute approximate surface area is 124 Å². The molecular formula is C16H17N3S. The summed E-state index contributed by atoms with van der Waals surface area (Å²) in [6, 6.07) is 20.1. The van der Waals surface area contributed by atoms with Crippen molar-refractivity contribution < 1.29 is 0 Å². The van der Waals surface area contributed by atoms with E-state index in [2.05, 4.69) is 22.6 Å². The Morgan fingerprint density at radius 2 is 1.70 bits per heavy atom. The maximum absolute atomic E-state index is 5.29. The summed E-state index contributed by atoms with van der Waals surface area (Å²) in [7, 11) is 1.80. The van der Waals surface area contributed by atoms with Crippen LogP contribution in [0.1, 0.15) is 11.1 Å². The van der Waals surface area contributed by atoms with Crippen LogP contribution in [0.25, 0.3) is 0 Å². The molecule has 2 aromatic carbocycles. The van der Waals surface area contributed by atoms with Crippen molar-refractivity contribution in [3.63, 3.8) is 0 Å². The zero-order valence-corrected chi connectivity index (χ0v) is 12.2. The van der Waals surface area contributed by atoms with Gasteiger partial charge in [0.25, 0.3) is 0 Å². The molecule has 0 heterocycles. The lowest BCUT2D eigenvalue weighted by atomic mass is 10.2. The number of hydrogen-bond donors (Lipinski definition) is 1. The van der Waals surface area contributed by atoms with Gasteiger partial charge in [0.15, 0.2) is 5.11 Å². The average molecular weight is 283 g/mol. The standard InChI is InChI=1S/C16H17N3S/c1-17-16(20)19(13-15-10-6-3-7-11-15)18-12-14-8-4-2-5-9-14/h2-12H,13H2,1H3,(H,17,20)/b18-12-. The lowest BCUT2D eigenvalue weighted by Gasteiger charge is -2.19. The van der Waals surface area contributed by atoms with E-state index in [1.54, 1.807) is 12.1 Å². The lowest BCUT2D eigenvalue weighted by Crippen LogP contribution is -2.33. The fourth-order valence-electron chi connectivity index (χ4n) is 1.73. The zero-order valence-electron chi connectivity index (χ0n) is 11.4. The molecule has 0 aliphatic carbocycles. The molecule has 2 aromatic rings. The van der Waals surface area contributed by atoms with Crippen molar-refractivity contribution in [2.75, 3.05) is 7.05 Å². The van der Waals surface area contributed by atoms with Gasteiger partial charge < -0.3 is 5.32 Å². The molecular weight excluding hydrogens is 266 g/mol. The molecule has 0 aromatic heterocycles. The summed E-state index contributed by atoms with van der Waals surface area (Å²) >= 11 is 5.29.